The molecule has 3 rings (SSSR count). The quantitative estimate of drug-likeness (QED) is 0.800. The molecule has 0 N–H and O–H groups in total. The molecule has 0 spiro atoms. The first-order valence-electron chi connectivity index (χ1n) is 8.27. The van der Waals surface area contributed by atoms with E-state index in [0.717, 1.165) is 0 Å². The van der Waals surface area contributed by atoms with Gasteiger partial charge in [0.15, 0.2) is 0 Å². The molecule has 5 heteroatoms. The fourth-order valence-electron chi connectivity index (χ4n) is 2.68. The van der Waals surface area contributed by atoms with E-state index >= 15 is 0 Å². The largest absolute Gasteiger partial charge is 0.456 e. The maximum Gasteiger partial charge on any atom is 0.338 e. The Labute approximate surface area is 146 Å². The van der Waals surface area contributed by atoms with Crippen molar-refractivity contribution >= 4 is 11.9 Å². The van der Waals surface area contributed by atoms with Gasteiger partial charge in [0.1, 0.15) is 12.2 Å². The number of carbonyl (C=O) groups excluding carboxylic acids is 2. The van der Waals surface area contributed by atoms with Crippen LogP contribution in [-0.4, -0.2) is 36.9 Å². The Morgan fingerprint density at radius 3 is 1.96 bits per heavy atom. The van der Waals surface area contributed by atoms with Crippen LogP contribution in [0, 0.1) is 0 Å². The van der Waals surface area contributed by atoms with Gasteiger partial charge in [0.2, 0.25) is 0 Å². The topological polar surface area (TPSA) is 61.8 Å². The van der Waals surface area contributed by atoms with E-state index in [-0.39, 0.29) is 6.10 Å². The van der Waals surface area contributed by atoms with E-state index in [1.54, 1.807) is 48.5 Å². The molecule has 0 aliphatic carbocycles. The molecule has 25 heavy (non-hydrogen) atoms. The van der Waals surface area contributed by atoms with E-state index < -0.39 is 24.1 Å². The Bertz CT molecular complexity index is 713. The molecule has 2 aromatic carbocycles. The second-order valence-corrected chi connectivity index (χ2v) is 5.98. The van der Waals surface area contributed by atoms with E-state index in [1.165, 1.54) is 0 Å². The second kappa shape index (κ2) is 7.94. The van der Waals surface area contributed by atoms with Gasteiger partial charge in [-0.3, -0.25) is 0 Å². The van der Waals surface area contributed by atoms with Crippen LogP contribution in [0.25, 0.3) is 0 Å². The molecule has 5 nitrogen and oxygen atoms in total. The van der Waals surface area contributed by atoms with E-state index in [9.17, 15) is 9.59 Å². The van der Waals surface area contributed by atoms with Crippen LogP contribution in [0.2, 0.25) is 0 Å². The highest BCUT2D eigenvalue weighted by atomic mass is 16.6. The van der Waals surface area contributed by atoms with Crippen LogP contribution in [0.15, 0.2) is 60.7 Å². The molecule has 3 unspecified atom stereocenters. The standard InChI is InChI=1S/C20H20O5/c1-14-18(25-20(22)16-10-6-3-7-11-16)12-17(13-23-14)24-19(21)15-8-4-2-5-9-15/h2-11,14,17-18H,12-13H2,1H3. The van der Waals surface area contributed by atoms with E-state index in [1.807, 2.05) is 19.1 Å². The smallest absolute Gasteiger partial charge is 0.338 e. The maximum atomic E-state index is 12.2. The highest BCUT2D eigenvalue weighted by molar-refractivity contribution is 5.90. The lowest BCUT2D eigenvalue weighted by Crippen LogP contribution is -2.43. The number of ether oxygens (including phenoxy) is 3. The minimum absolute atomic E-state index is 0.251. The van der Waals surface area contributed by atoms with Gasteiger partial charge in [-0.15, -0.1) is 0 Å². The number of hydrogen-bond acceptors (Lipinski definition) is 5. The van der Waals surface area contributed by atoms with Crippen LogP contribution in [-0.2, 0) is 14.2 Å². The molecule has 1 aliphatic rings. The maximum absolute atomic E-state index is 12.2. The van der Waals surface area contributed by atoms with Crippen LogP contribution < -0.4 is 0 Å². The summed E-state index contributed by atoms with van der Waals surface area (Å²) in [6.07, 6.45) is -0.745. The van der Waals surface area contributed by atoms with Crippen molar-refractivity contribution in [3.05, 3.63) is 71.8 Å². The van der Waals surface area contributed by atoms with E-state index in [4.69, 9.17) is 14.2 Å². The molecule has 0 aromatic heterocycles. The summed E-state index contributed by atoms with van der Waals surface area (Å²) in [6.45, 7) is 2.14. The lowest BCUT2D eigenvalue weighted by atomic mass is 10.0. The van der Waals surface area contributed by atoms with E-state index in [0.29, 0.717) is 24.2 Å². The van der Waals surface area contributed by atoms with Crippen molar-refractivity contribution in [3.63, 3.8) is 0 Å². The average molecular weight is 340 g/mol. The Morgan fingerprint density at radius 1 is 0.880 bits per heavy atom. The fraction of sp³-hybridized carbons (Fsp3) is 0.300. The highest BCUT2D eigenvalue weighted by Crippen LogP contribution is 2.22. The zero-order chi connectivity index (χ0) is 17.6. The first-order valence-corrected chi connectivity index (χ1v) is 8.27. The highest BCUT2D eigenvalue weighted by Gasteiger charge is 2.33. The van der Waals surface area contributed by atoms with Gasteiger partial charge in [0, 0.05) is 6.42 Å². The van der Waals surface area contributed by atoms with Crippen LogP contribution in [0.3, 0.4) is 0 Å². The molecule has 0 saturated carbocycles. The van der Waals surface area contributed by atoms with Crippen LogP contribution >= 0.6 is 0 Å². The lowest BCUT2D eigenvalue weighted by Gasteiger charge is -2.33. The molecule has 1 aliphatic heterocycles. The van der Waals surface area contributed by atoms with Gasteiger partial charge in [0.25, 0.3) is 0 Å². The summed E-state index contributed by atoms with van der Waals surface area (Å²) >= 11 is 0. The van der Waals surface area contributed by atoms with Gasteiger partial charge in [-0.25, -0.2) is 9.59 Å². The minimum Gasteiger partial charge on any atom is -0.456 e. The number of hydrogen-bond donors (Lipinski definition) is 0. The molecule has 3 atom stereocenters. The predicted molar refractivity (Wildman–Crippen MR) is 91.3 cm³/mol. The van der Waals surface area contributed by atoms with Gasteiger partial charge in [-0.2, -0.15) is 0 Å². The Hall–Kier alpha value is -2.66. The van der Waals surface area contributed by atoms with Crippen molar-refractivity contribution in [2.75, 3.05) is 6.61 Å². The summed E-state index contributed by atoms with van der Waals surface area (Å²) in [5, 5.41) is 0. The van der Waals surface area contributed by atoms with Crippen molar-refractivity contribution < 1.29 is 23.8 Å². The van der Waals surface area contributed by atoms with Gasteiger partial charge in [-0.05, 0) is 31.2 Å². The number of carbonyl (C=O) groups is 2. The zero-order valence-corrected chi connectivity index (χ0v) is 14.0. The van der Waals surface area contributed by atoms with E-state index in [2.05, 4.69) is 0 Å². The third kappa shape index (κ3) is 4.45. The van der Waals surface area contributed by atoms with Crippen LogP contribution in [0.4, 0.5) is 0 Å². The molecule has 0 radical (unpaired) electrons. The summed E-state index contributed by atoms with van der Waals surface area (Å²) in [6, 6.07) is 17.6. The number of esters is 2. The Morgan fingerprint density at radius 2 is 1.40 bits per heavy atom. The van der Waals surface area contributed by atoms with Crippen molar-refractivity contribution in [1.29, 1.82) is 0 Å². The normalized spacial score (nSPS) is 22.8. The molecular weight excluding hydrogens is 320 g/mol. The molecule has 0 amide bonds. The summed E-state index contributed by atoms with van der Waals surface area (Å²) in [5.74, 6) is -0.812. The minimum atomic E-state index is -0.463. The van der Waals surface area contributed by atoms with Gasteiger partial charge in [-0.1, -0.05) is 36.4 Å². The second-order valence-electron chi connectivity index (χ2n) is 5.98. The first-order chi connectivity index (χ1) is 12.1. The van der Waals surface area contributed by atoms with Crippen molar-refractivity contribution in [1.82, 2.24) is 0 Å². The van der Waals surface area contributed by atoms with Gasteiger partial charge < -0.3 is 14.2 Å². The van der Waals surface area contributed by atoms with Crippen LogP contribution in [0.1, 0.15) is 34.1 Å². The molecule has 1 fully saturated rings. The number of benzene rings is 2. The molecule has 0 bridgehead atoms. The molecular formula is C20H20O5. The molecule has 2 aromatic rings. The first kappa shape index (κ1) is 17.2. The summed E-state index contributed by atoms with van der Waals surface area (Å²) in [4.78, 5) is 24.4. The molecule has 1 heterocycles. The summed E-state index contributed by atoms with van der Waals surface area (Å²) in [5.41, 5.74) is 0.969. The SMILES string of the molecule is CC1OCC(OC(=O)c2ccccc2)CC1OC(=O)c1ccccc1. The predicted octanol–water partition coefficient (Wildman–Crippen LogP) is 3.25. The average Bonchev–Trinajstić information content (AvgIpc) is 2.66. The molecule has 130 valence electrons. The zero-order valence-electron chi connectivity index (χ0n) is 14.0. The Kier molecular flexibility index (Phi) is 5.46. The van der Waals surface area contributed by atoms with Crippen molar-refractivity contribution in [2.24, 2.45) is 0 Å². The van der Waals surface area contributed by atoms with Gasteiger partial charge >= 0.3 is 11.9 Å². The summed E-state index contributed by atoms with van der Waals surface area (Å²) in [7, 11) is 0. The lowest BCUT2D eigenvalue weighted by molar-refractivity contribution is -0.123. The van der Waals surface area contributed by atoms with Crippen molar-refractivity contribution in [3.8, 4) is 0 Å². The molecule has 1 saturated heterocycles. The third-order valence-electron chi connectivity index (χ3n) is 4.11. The monoisotopic (exact) mass is 340 g/mol. The summed E-state index contributed by atoms with van der Waals surface area (Å²) < 4.78 is 16.7. The van der Waals surface area contributed by atoms with Crippen molar-refractivity contribution in [2.45, 2.75) is 31.7 Å². The Balaban J connectivity index is 1.60. The fourth-order valence-corrected chi connectivity index (χ4v) is 2.68. The number of rotatable bonds is 4. The third-order valence-corrected chi connectivity index (χ3v) is 4.11. The van der Waals surface area contributed by atoms with Crippen LogP contribution in [0.5, 0.6) is 0 Å². The van der Waals surface area contributed by atoms with Gasteiger partial charge in [0.05, 0.1) is 23.8 Å².